The van der Waals surface area contributed by atoms with Gasteiger partial charge in [0.2, 0.25) is 0 Å². The first-order valence-electron chi connectivity index (χ1n) is 5.08. The smallest absolute Gasteiger partial charge is 0.263 e. The summed E-state index contributed by atoms with van der Waals surface area (Å²) in [6.07, 6.45) is 1.76. The lowest BCUT2D eigenvalue weighted by atomic mass is 10.1. The molecule has 0 radical (unpaired) electrons. The Kier molecular flexibility index (Phi) is 4.97. The van der Waals surface area contributed by atoms with Crippen LogP contribution in [0.3, 0.4) is 0 Å². The summed E-state index contributed by atoms with van der Waals surface area (Å²) >= 11 is 10.1. The fourth-order valence-corrected chi connectivity index (χ4v) is 4.29. The van der Waals surface area contributed by atoms with Gasteiger partial charge in [-0.2, -0.15) is 8.42 Å². The lowest BCUT2D eigenvalue weighted by molar-refractivity contribution is 0.184. The highest BCUT2D eigenvalue weighted by molar-refractivity contribution is 9.39. The molecule has 100 valence electrons. The minimum Gasteiger partial charge on any atom is -0.263 e. The molecule has 0 heterocycles. The van der Waals surface area contributed by atoms with Crippen LogP contribution in [0, 0.1) is 11.3 Å². The summed E-state index contributed by atoms with van der Waals surface area (Å²) in [4.78, 5) is 0. The average Bonchev–Trinajstić information content (AvgIpc) is 2.68. The van der Waals surface area contributed by atoms with Crippen LogP contribution in [0.15, 0.2) is 12.7 Å². The van der Waals surface area contributed by atoms with Crippen molar-refractivity contribution in [1.29, 1.82) is 0 Å². The Balaban J connectivity index is 2.84. The summed E-state index contributed by atoms with van der Waals surface area (Å²) in [6.45, 7) is 7.59. The van der Waals surface area contributed by atoms with Gasteiger partial charge >= 0.3 is 0 Å². The predicted octanol–water partition coefficient (Wildman–Crippen LogP) is 3.77. The highest BCUT2D eigenvalue weighted by Gasteiger charge is 2.57. The van der Waals surface area contributed by atoms with Crippen LogP contribution in [0.4, 0.5) is 0 Å². The van der Waals surface area contributed by atoms with E-state index in [-0.39, 0.29) is 17.1 Å². The number of rotatable bonds is 5. The lowest BCUT2D eigenvalue weighted by Crippen LogP contribution is -2.34. The molecule has 1 rings (SSSR count). The van der Waals surface area contributed by atoms with Crippen molar-refractivity contribution < 1.29 is 12.6 Å². The maximum Gasteiger partial charge on any atom is 0.271 e. The first-order chi connectivity index (χ1) is 7.49. The molecule has 0 aromatic heterocycles. The number of hydrogen-bond donors (Lipinski definition) is 0. The Labute approximate surface area is 128 Å². The van der Waals surface area contributed by atoms with Gasteiger partial charge in [-0.05, 0) is 17.8 Å². The zero-order valence-corrected chi connectivity index (χ0v) is 15.2. The molecule has 2 unspecified atom stereocenters. The van der Waals surface area contributed by atoms with Gasteiger partial charge in [-0.15, -0.1) is 6.58 Å². The minimum atomic E-state index is -3.58. The van der Waals surface area contributed by atoms with Crippen LogP contribution in [-0.2, 0) is 14.3 Å². The normalized spacial score (nSPS) is 25.4. The second-order valence-corrected chi connectivity index (χ2v) is 13.5. The Morgan fingerprint density at radius 2 is 2.00 bits per heavy atom. The van der Waals surface area contributed by atoms with Crippen LogP contribution in [-0.4, -0.2) is 22.4 Å². The van der Waals surface area contributed by atoms with E-state index in [2.05, 4.69) is 68.2 Å². The molecule has 0 spiro atoms. The molecular formula is C10H15Br3O3S. The van der Waals surface area contributed by atoms with Gasteiger partial charge in [0, 0.05) is 0 Å². The largest absolute Gasteiger partial charge is 0.271 e. The van der Waals surface area contributed by atoms with Crippen molar-refractivity contribution in [3.05, 3.63) is 12.7 Å². The molecule has 7 heteroatoms. The summed E-state index contributed by atoms with van der Waals surface area (Å²) in [6, 6.07) is 0. The topological polar surface area (TPSA) is 43.4 Å². The second-order valence-electron chi connectivity index (χ2n) is 4.87. The molecule has 1 fully saturated rings. The minimum absolute atomic E-state index is 0.106. The van der Waals surface area contributed by atoms with Crippen molar-refractivity contribution in [2.45, 2.75) is 28.5 Å². The van der Waals surface area contributed by atoms with E-state index in [9.17, 15) is 8.42 Å². The Morgan fingerprint density at radius 3 is 2.29 bits per heavy atom. The number of halogens is 3. The van der Waals surface area contributed by atoms with E-state index in [1.807, 2.05) is 0 Å². The van der Waals surface area contributed by atoms with Crippen LogP contribution in [0.25, 0.3) is 0 Å². The molecule has 0 amide bonds. The molecule has 0 aromatic rings. The monoisotopic (exact) mass is 452 g/mol. The van der Waals surface area contributed by atoms with E-state index >= 15 is 0 Å². The van der Waals surface area contributed by atoms with E-state index in [0.717, 1.165) is 6.42 Å². The van der Waals surface area contributed by atoms with Crippen LogP contribution in [0.5, 0.6) is 0 Å². The fraction of sp³-hybridized carbons (Fsp3) is 0.800. The SMILES string of the molecule is C=CCS(=O)(=O)OC(C1CC1(C)C)C(Br)(Br)Br. The molecule has 1 saturated carbocycles. The molecular weight excluding hydrogens is 440 g/mol. The third-order valence-electron chi connectivity index (χ3n) is 2.85. The predicted molar refractivity (Wildman–Crippen MR) is 80.3 cm³/mol. The van der Waals surface area contributed by atoms with Gasteiger partial charge in [0.05, 0.1) is 5.75 Å². The van der Waals surface area contributed by atoms with Crippen LogP contribution in [0.1, 0.15) is 20.3 Å². The molecule has 17 heavy (non-hydrogen) atoms. The van der Waals surface area contributed by atoms with Crippen molar-refractivity contribution in [2.24, 2.45) is 11.3 Å². The zero-order chi connectivity index (χ0) is 13.5. The third kappa shape index (κ3) is 4.60. The quantitative estimate of drug-likeness (QED) is 0.361. The van der Waals surface area contributed by atoms with Gasteiger partial charge in [-0.1, -0.05) is 67.7 Å². The Bertz CT molecular complexity index is 398. The zero-order valence-electron chi connectivity index (χ0n) is 9.62. The molecule has 0 aromatic carbocycles. The van der Waals surface area contributed by atoms with Crippen molar-refractivity contribution >= 4 is 57.9 Å². The average molecular weight is 455 g/mol. The lowest BCUT2D eigenvalue weighted by Gasteiger charge is -2.26. The highest BCUT2D eigenvalue weighted by Crippen LogP contribution is 2.60. The van der Waals surface area contributed by atoms with Crippen molar-refractivity contribution in [2.75, 3.05) is 5.75 Å². The van der Waals surface area contributed by atoms with E-state index < -0.39 is 18.4 Å². The van der Waals surface area contributed by atoms with Gasteiger partial charge in [0.15, 0.2) is 2.14 Å². The van der Waals surface area contributed by atoms with Crippen LogP contribution >= 0.6 is 47.8 Å². The maximum absolute atomic E-state index is 11.7. The summed E-state index contributed by atoms with van der Waals surface area (Å²) in [5.74, 6) is -0.0000699. The molecule has 1 aliphatic rings. The second kappa shape index (κ2) is 5.23. The van der Waals surface area contributed by atoms with Gasteiger partial charge in [-0.25, -0.2) is 0 Å². The van der Waals surface area contributed by atoms with Gasteiger partial charge < -0.3 is 0 Å². The molecule has 0 bridgehead atoms. The maximum atomic E-state index is 11.7. The highest BCUT2D eigenvalue weighted by atomic mass is 80.0. The van der Waals surface area contributed by atoms with E-state index in [4.69, 9.17) is 4.18 Å². The van der Waals surface area contributed by atoms with Crippen molar-refractivity contribution in [3.8, 4) is 0 Å². The first kappa shape index (κ1) is 16.1. The van der Waals surface area contributed by atoms with Gasteiger partial charge in [-0.3, -0.25) is 4.18 Å². The summed E-state index contributed by atoms with van der Waals surface area (Å²) in [5, 5.41) is 0. The summed E-state index contributed by atoms with van der Waals surface area (Å²) in [7, 11) is -3.58. The fourth-order valence-electron chi connectivity index (χ4n) is 1.72. The molecule has 3 nitrogen and oxygen atoms in total. The van der Waals surface area contributed by atoms with Crippen molar-refractivity contribution in [1.82, 2.24) is 0 Å². The Morgan fingerprint density at radius 1 is 1.53 bits per heavy atom. The summed E-state index contributed by atoms with van der Waals surface area (Å²) < 4.78 is 27.9. The van der Waals surface area contributed by atoms with Gasteiger partial charge in [0.25, 0.3) is 10.1 Å². The molecule has 0 saturated heterocycles. The summed E-state index contributed by atoms with van der Waals surface area (Å²) in [5.41, 5.74) is 0.106. The standard InChI is InChI=1S/C10H15Br3O3S/c1-4-5-17(14,15)16-8(10(11,12)13)7-6-9(7,2)3/h4,7-8H,1,5-6H2,2-3H3. The molecule has 0 aliphatic heterocycles. The van der Waals surface area contributed by atoms with E-state index in [0.29, 0.717) is 0 Å². The first-order valence-corrected chi connectivity index (χ1v) is 9.04. The van der Waals surface area contributed by atoms with E-state index in [1.165, 1.54) is 6.08 Å². The third-order valence-corrected chi connectivity index (χ3v) is 5.35. The molecule has 2 atom stereocenters. The number of hydrogen-bond acceptors (Lipinski definition) is 3. The van der Waals surface area contributed by atoms with Crippen molar-refractivity contribution in [3.63, 3.8) is 0 Å². The van der Waals surface area contributed by atoms with E-state index in [1.54, 1.807) is 0 Å². The molecule has 0 N–H and O–H groups in total. The van der Waals surface area contributed by atoms with Crippen LogP contribution < -0.4 is 0 Å². The van der Waals surface area contributed by atoms with Crippen LogP contribution in [0.2, 0.25) is 0 Å². The molecule has 1 aliphatic carbocycles. The Hall–Kier alpha value is 1.09. The van der Waals surface area contributed by atoms with Gasteiger partial charge in [0.1, 0.15) is 6.10 Å². The number of alkyl halides is 3.